The Labute approximate surface area is 204 Å². The number of benzene rings is 2. The van der Waals surface area contributed by atoms with Crippen LogP contribution in [0.4, 0.5) is 0 Å². The number of thiophene rings is 1. The van der Waals surface area contributed by atoms with Crippen LogP contribution in [0.25, 0.3) is 37.6 Å². The molecule has 0 fully saturated rings. The number of hydrogen-bond acceptors (Lipinski definition) is 5. The summed E-state index contributed by atoms with van der Waals surface area (Å²) in [7, 11) is 0. The summed E-state index contributed by atoms with van der Waals surface area (Å²) in [4.78, 5) is 19.5. The van der Waals surface area contributed by atoms with E-state index in [1.807, 2.05) is 66.7 Å². The van der Waals surface area contributed by atoms with Crippen molar-refractivity contribution in [3.8, 4) is 21.6 Å². The molecule has 6 rings (SSSR count). The van der Waals surface area contributed by atoms with E-state index < -0.39 is 0 Å². The Hall–Kier alpha value is -4.05. The minimum Gasteiger partial charge on any atom is -0.294 e. The molecular weight excluding hydrogens is 458 g/mol. The number of aromatic nitrogens is 2. The molecule has 6 heteroatoms. The van der Waals surface area contributed by atoms with Gasteiger partial charge in [-0.15, -0.1) is 22.7 Å². The molecule has 0 atom stereocenters. The van der Waals surface area contributed by atoms with E-state index in [4.69, 9.17) is 4.98 Å². The Morgan fingerprint density at radius 2 is 1.79 bits per heavy atom. The number of hydrogen-bond donors (Lipinski definition) is 0. The third kappa shape index (κ3) is 3.18. The SMILES string of the molecule is CC(C#N)=C1/C(=C/c2cc3sc(-c4cccs4)nc3n2-c2ccccc2)C(=O)c2ccccc21. The summed E-state index contributed by atoms with van der Waals surface area (Å²) in [5.41, 5.74) is 5.92. The highest BCUT2D eigenvalue weighted by Crippen LogP contribution is 2.41. The molecule has 1 aliphatic rings. The van der Waals surface area contributed by atoms with E-state index in [-0.39, 0.29) is 5.78 Å². The van der Waals surface area contributed by atoms with Gasteiger partial charge in [-0.05, 0) is 48.2 Å². The summed E-state index contributed by atoms with van der Waals surface area (Å²) < 4.78 is 3.13. The fraction of sp³-hybridized carbons (Fsp3) is 0.0357. The monoisotopic (exact) mass is 475 g/mol. The van der Waals surface area contributed by atoms with Crippen molar-refractivity contribution in [2.45, 2.75) is 6.92 Å². The summed E-state index contributed by atoms with van der Waals surface area (Å²) in [6.45, 7) is 1.77. The van der Waals surface area contributed by atoms with Crippen LogP contribution < -0.4 is 0 Å². The number of fused-ring (bicyclic) bond motifs is 2. The van der Waals surface area contributed by atoms with Crippen molar-refractivity contribution in [2.75, 3.05) is 0 Å². The van der Waals surface area contributed by atoms with Crippen molar-refractivity contribution >= 4 is 50.5 Å². The molecule has 3 heterocycles. The molecule has 4 nitrogen and oxygen atoms in total. The average molecular weight is 476 g/mol. The van der Waals surface area contributed by atoms with Gasteiger partial charge in [0, 0.05) is 33.7 Å². The van der Waals surface area contributed by atoms with Gasteiger partial charge >= 0.3 is 0 Å². The van der Waals surface area contributed by atoms with Gasteiger partial charge in [-0.25, -0.2) is 4.98 Å². The van der Waals surface area contributed by atoms with Gasteiger partial charge in [0.1, 0.15) is 5.01 Å². The number of nitriles is 1. The molecule has 34 heavy (non-hydrogen) atoms. The molecule has 162 valence electrons. The molecule has 3 aromatic heterocycles. The van der Waals surface area contributed by atoms with Crippen LogP contribution in [0, 0.1) is 11.3 Å². The molecule has 0 saturated carbocycles. The number of ketones is 1. The van der Waals surface area contributed by atoms with E-state index in [0.29, 0.717) is 22.3 Å². The minimum absolute atomic E-state index is 0.0587. The lowest BCUT2D eigenvalue weighted by Crippen LogP contribution is -2.00. The Kier molecular flexibility index (Phi) is 4.88. The van der Waals surface area contributed by atoms with Gasteiger partial charge in [0.25, 0.3) is 0 Å². The van der Waals surface area contributed by atoms with Crippen LogP contribution in [0.1, 0.15) is 28.5 Å². The largest absolute Gasteiger partial charge is 0.294 e. The van der Waals surface area contributed by atoms with E-state index >= 15 is 0 Å². The van der Waals surface area contributed by atoms with Gasteiger partial charge in [-0.3, -0.25) is 9.36 Å². The highest BCUT2D eigenvalue weighted by Gasteiger charge is 2.31. The number of thiazole rings is 1. The topological polar surface area (TPSA) is 58.7 Å². The number of Topliss-reactive ketones (excluding diaryl/α,β-unsaturated/α-hetero) is 1. The second kappa shape index (κ2) is 8.07. The molecule has 0 aliphatic heterocycles. The highest BCUT2D eigenvalue weighted by molar-refractivity contribution is 7.25. The molecule has 0 amide bonds. The molecule has 0 saturated heterocycles. The quantitative estimate of drug-likeness (QED) is 0.202. The second-order valence-corrected chi connectivity index (χ2v) is 9.95. The summed E-state index contributed by atoms with van der Waals surface area (Å²) in [5.74, 6) is -0.0587. The first kappa shape index (κ1) is 20.5. The predicted molar refractivity (Wildman–Crippen MR) is 139 cm³/mol. The number of carbonyl (C=O) groups is 1. The lowest BCUT2D eigenvalue weighted by molar-refractivity contribution is 0.104. The summed E-state index contributed by atoms with van der Waals surface area (Å²) in [6.07, 6.45) is 1.91. The van der Waals surface area contributed by atoms with Gasteiger partial charge in [0.05, 0.1) is 15.6 Å². The second-order valence-electron chi connectivity index (χ2n) is 7.97. The average Bonchev–Trinajstić information content (AvgIpc) is 3.63. The van der Waals surface area contributed by atoms with Gasteiger partial charge in [-0.2, -0.15) is 5.26 Å². The van der Waals surface area contributed by atoms with Crippen LogP contribution in [-0.2, 0) is 0 Å². The highest BCUT2D eigenvalue weighted by atomic mass is 32.1. The third-order valence-electron chi connectivity index (χ3n) is 5.92. The number of allylic oxidation sites excluding steroid dienone is 3. The lowest BCUT2D eigenvalue weighted by atomic mass is 9.99. The number of para-hydroxylation sites is 1. The maximum absolute atomic E-state index is 13.4. The fourth-order valence-electron chi connectivity index (χ4n) is 4.41. The molecule has 0 unspecified atom stereocenters. The third-order valence-corrected chi connectivity index (χ3v) is 7.95. The van der Waals surface area contributed by atoms with Crippen molar-refractivity contribution in [1.29, 1.82) is 5.26 Å². The molecule has 0 radical (unpaired) electrons. The van der Waals surface area contributed by atoms with Crippen LogP contribution in [0.2, 0.25) is 0 Å². The Bertz CT molecular complexity index is 1680. The van der Waals surface area contributed by atoms with Gasteiger partial charge in [0.2, 0.25) is 0 Å². The van der Waals surface area contributed by atoms with Gasteiger partial charge in [0.15, 0.2) is 11.4 Å². The summed E-state index contributed by atoms with van der Waals surface area (Å²) >= 11 is 3.31. The Morgan fingerprint density at radius 3 is 2.53 bits per heavy atom. The first-order valence-corrected chi connectivity index (χ1v) is 12.4. The summed E-state index contributed by atoms with van der Waals surface area (Å²) in [5, 5.41) is 12.7. The number of carbonyl (C=O) groups excluding carboxylic acids is 1. The van der Waals surface area contributed by atoms with E-state index in [1.165, 1.54) is 0 Å². The summed E-state index contributed by atoms with van der Waals surface area (Å²) in [6, 6.07) is 26.0. The molecule has 1 aliphatic carbocycles. The first-order chi connectivity index (χ1) is 16.7. The lowest BCUT2D eigenvalue weighted by Gasteiger charge is -2.09. The van der Waals surface area contributed by atoms with Gasteiger partial charge < -0.3 is 0 Å². The van der Waals surface area contributed by atoms with Gasteiger partial charge in [-0.1, -0.05) is 48.5 Å². The smallest absolute Gasteiger partial charge is 0.194 e. The maximum Gasteiger partial charge on any atom is 0.194 e. The standard InChI is InChI=1S/C28H17N3OS2/c1-17(16-29)25-20-10-5-6-11-21(20)26(32)22(25)14-19-15-24-27(31(19)18-8-3-2-4-9-18)30-28(34-24)23-12-7-13-33-23/h2-15H,1H3/b22-14-,25-17?. The zero-order chi connectivity index (χ0) is 23.2. The number of rotatable bonds is 3. The van der Waals surface area contributed by atoms with E-state index in [1.54, 1.807) is 29.6 Å². The molecule has 2 aromatic carbocycles. The van der Waals surface area contributed by atoms with E-state index in [0.717, 1.165) is 37.2 Å². The van der Waals surface area contributed by atoms with Crippen LogP contribution in [-0.4, -0.2) is 15.3 Å². The molecule has 0 N–H and O–H groups in total. The molecule has 0 bridgehead atoms. The number of nitrogens with zero attached hydrogens (tertiary/aromatic N) is 3. The van der Waals surface area contributed by atoms with Crippen LogP contribution >= 0.6 is 22.7 Å². The van der Waals surface area contributed by atoms with Crippen molar-refractivity contribution < 1.29 is 4.79 Å². The normalized spacial score (nSPS) is 15.6. The Balaban J connectivity index is 1.60. The zero-order valence-electron chi connectivity index (χ0n) is 18.1. The molecular formula is C28H17N3OS2. The minimum atomic E-state index is -0.0587. The van der Waals surface area contributed by atoms with Crippen molar-refractivity contribution in [1.82, 2.24) is 9.55 Å². The van der Waals surface area contributed by atoms with E-state index in [2.05, 4.69) is 28.1 Å². The van der Waals surface area contributed by atoms with E-state index in [9.17, 15) is 10.1 Å². The Morgan fingerprint density at radius 1 is 1.03 bits per heavy atom. The first-order valence-electron chi connectivity index (χ1n) is 10.7. The molecule has 5 aromatic rings. The fourth-order valence-corrected chi connectivity index (χ4v) is 6.20. The predicted octanol–water partition coefficient (Wildman–Crippen LogP) is 7.39. The van der Waals surface area contributed by atoms with Crippen LogP contribution in [0.15, 0.2) is 89.3 Å². The van der Waals surface area contributed by atoms with Crippen LogP contribution in [0.3, 0.4) is 0 Å². The van der Waals surface area contributed by atoms with Crippen molar-refractivity contribution in [3.05, 3.63) is 106 Å². The van der Waals surface area contributed by atoms with Crippen molar-refractivity contribution in [2.24, 2.45) is 0 Å². The van der Waals surface area contributed by atoms with Crippen LogP contribution in [0.5, 0.6) is 0 Å². The molecule has 0 spiro atoms. The van der Waals surface area contributed by atoms with Crippen molar-refractivity contribution in [3.63, 3.8) is 0 Å². The maximum atomic E-state index is 13.4. The zero-order valence-corrected chi connectivity index (χ0v) is 19.8.